The number of aromatic nitrogens is 3. The average Bonchev–Trinajstić information content (AvgIpc) is 3.35. The minimum atomic E-state index is -0.616. The highest BCUT2D eigenvalue weighted by Gasteiger charge is 2.42. The zero-order valence-electron chi connectivity index (χ0n) is 18.8. The van der Waals surface area contributed by atoms with Crippen LogP contribution in [0.15, 0.2) is 72.6 Å². The number of nitrogens with zero attached hydrogens (tertiary/aromatic N) is 3. The van der Waals surface area contributed by atoms with Crippen LogP contribution in [0.3, 0.4) is 0 Å². The number of halogens is 2. The highest BCUT2D eigenvalue weighted by Crippen LogP contribution is 2.51. The molecule has 176 valence electrons. The molecule has 2 aliphatic rings. The van der Waals surface area contributed by atoms with Gasteiger partial charge in [0.15, 0.2) is 11.5 Å². The molecule has 7 nitrogen and oxygen atoms in total. The number of nitrogens with one attached hydrogen (secondary N) is 1. The van der Waals surface area contributed by atoms with Gasteiger partial charge in [-0.15, -0.1) is 0 Å². The molecular formula is C26H20ClFN4O3. The second-order valence-corrected chi connectivity index (χ2v) is 8.60. The lowest BCUT2D eigenvalue weighted by atomic mass is 9.84. The summed E-state index contributed by atoms with van der Waals surface area (Å²) in [4.78, 5) is 4.37. The lowest BCUT2D eigenvalue weighted by Crippen LogP contribution is -2.32. The summed E-state index contributed by atoms with van der Waals surface area (Å²) in [5, 5.41) is 8.37. The Kier molecular flexibility index (Phi) is 5.11. The molecule has 1 aromatic heterocycles. The number of ether oxygens (including phenoxy) is 3. The summed E-state index contributed by atoms with van der Waals surface area (Å²) < 4.78 is 34.4. The smallest absolute Gasteiger partial charge is 0.226 e. The first-order valence-corrected chi connectivity index (χ1v) is 11.3. The van der Waals surface area contributed by atoms with E-state index < -0.39 is 12.1 Å². The van der Waals surface area contributed by atoms with Crippen LogP contribution < -0.4 is 19.5 Å². The third kappa shape index (κ3) is 3.40. The van der Waals surface area contributed by atoms with Gasteiger partial charge in [-0.1, -0.05) is 35.9 Å². The van der Waals surface area contributed by atoms with Crippen LogP contribution in [0.2, 0.25) is 5.02 Å². The van der Waals surface area contributed by atoms with Gasteiger partial charge < -0.3 is 19.5 Å². The molecule has 6 rings (SSSR count). The molecule has 3 heterocycles. The van der Waals surface area contributed by atoms with Gasteiger partial charge in [-0.25, -0.2) is 9.07 Å². The van der Waals surface area contributed by atoms with Crippen LogP contribution >= 0.6 is 11.6 Å². The standard InChI is InChI=1S/C26H20ClFN4O3/c1-33-20-9-7-14(11-21(20)34-2)25-22-23(17-12-15(27)8-10-19(17)35-25)31-26-29-13-30-32(26)24(22)16-5-3-4-6-18(16)28/h3-13,24-25H,1-2H3,(H,29,30,31)/t24-,25-/m0/s1. The molecule has 4 aromatic rings. The van der Waals surface area contributed by atoms with Gasteiger partial charge in [0.05, 0.1) is 19.9 Å². The van der Waals surface area contributed by atoms with Crippen molar-refractivity contribution in [3.05, 3.63) is 100 Å². The molecule has 9 heteroatoms. The molecular weight excluding hydrogens is 471 g/mol. The maximum atomic E-state index is 15.2. The number of fused-ring (bicyclic) bond motifs is 3. The summed E-state index contributed by atoms with van der Waals surface area (Å²) in [5.74, 6) is 1.94. The molecule has 0 amide bonds. The van der Waals surface area contributed by atoms with Gasteiger partial charge >= 0.3 is 0 Å². The predicted octanol–water partition coefficient (Wildman–Crippen LogP) is 5.65. The van der Waals surface area contributed by atoms with Crippen LogP contribution in [-0.2, 0) is 0 Å². The van der Waals surface area contributed by atoms with Crippen molar-refractivity contribution in [2.24, 2.45) is 0 Å². The largest absolute Gasteiger partial charge is 0.493 e. The summed E-state index contributed by atoms with van der Waals surface area (Å²) in [6.45, 7) is 0. The average molecular weight is 491 g/mol. The summed E-state index contributed by atoms with van der Waals surface area (Å²) in [6, 6.07) is 17.1. The summed E-state index contributed by atoms with van der Waals surface area (Å²) in [7, 11) is 3.16. The third-order valence-corrected chi connectivity index (χ3v) is 6.52. The fraction of sp³-hybridized carbons (Fsp3) is 0.154. The van der Waals surface area contributed by atoms with Crippen LogP contribution in [0, 0.1) is 5.82 Å². The van der Waals surface area contributed by atoms with Crippen LogP contribution in [0.4, 0.5) is 10.3 Å². The SMILES string of the molecule is COc1ccc([C@@H]2Oc3ccc(Cl)cc3C3=C2[C@H](c2ccccc2F)n2ncnc2N3)cc1OC. The van der Waals surface area contributed by atoms with Crippen LogP contribution in [-0.4, -0.2) is 29.0 Å². The van der Waals surface area contributed by atoms with Crippen LogP contribution in [0.25, 0.3) is 5.70 Å². The Morgan fingerprint density at radius 2 is 1.86 bits per heavy atom. The van der Waals surface area contributed by atoms with E-state index in [1.165, 1.54) is 12.4 Å². The number of benzene rings is 3. The van der Waals surface area contributed by atoms with Crippen molar-refractivity contribution in [2.45, 2.75) is 12.1 Å². The normalized spacial score (nSPS) is 18.1. The fourth-order valence-corrected chi connectivity index (χ4v) is 4.90. The minimum absolute atomic E-state index is 0.351. The van der Waals surface area contributed by atoms with Gasteiger partial charge in [-0.2, -0.15) is 10.1 Å². The van der Waals surface area contributed by atoms with Crippen molar-refractivity contribution in [3.8, 4) is 17.2 Å². The van der Waals surface area contributed by atoms with Crippen molar-refractivity contribution in [2.75, 3.05) is 19.5 Å². The van der Waals surface area contributed by atoms with E-state index in [0.717, 1.165) is 22.4 Å². The molecule has 2 atom stereocenters. The number of methoxy groups -OCH3 is 2. The highest BCUT2D eigenvalue weighted by atomic mass is 35.5. The molecule has 0 unspecified atom stereocenters. The molecule has 0 bridgehead atoms. The van der Waals surface area contributed by atoms with Crippen molar-refractivity contribution >= 4 is 23.2 Å². The molecule has 2 aliphatic heterocycles. The number of rotatable bonds is 4. The Balaban J connectivity index is 1.63. The Morgan fingerprint density at radius 1 is 1.03 bits per heavy atom. The summed E-state index contributed by atoms with van der Waals surface area (Å²) in [5.41, 5.74) is 3.55. The maximum Gasteiger partial charge on any atom is 0.226 e. The number of hydrogen-bond acceptors (Lipinski definition) is 6. The van der Waals surface area contributed by atoms with E-state index in [1.54, 1.807) is 43.2 Å². The Morgan fingerprint density at radius 3 is 2.66 bits per heavy atom. The minimum Gasteiger partial charge on any atom is -0.493 e. The van der Waals surface area contributed by atoms with Crippen LogP contribution in [0.1, 0.15) is 28.8 Å². The van der Waals surface area contributed by atoms with Crippen molar-refractivity contribution in [3.63, 3.8) is 0 Å². The summed E-state index contributed by atoms with van der Waals surface area (Å²) in [6.07, 6.45) is 0.854. The third-order valence-electron chi connectivity index (χ3n) is 6.29. The van der Waals surface area contributed by atoms with E-state index in [0.29, 0.717) is 33.8 Å². The van der Waals surface area contributed by atoms with E-state index in [9.17, 15) is 0 Å². The zero-order chi connectivity index (χ0) is 24.1. The molecule has 0 radical (unpaired) electrons. The molecule has 0 saturated heterocycles. The monoisotopic (exact) mass is 490 g/mol. The highest BCUT2D eigenvalue weighted by molar-refractivity contribution is 6.30. The lowest BCUT2D eigenvalue weighted by molar-refractivity contribution is 0.221. The molecule has 0 saturated carbocycles. The van der Waals surface area contributed by atoms with Gasteiger partial charge in [-0.05, 0) is 36.4 Å². The molecule has 3 aromatic carbocycles. The maximum absolute atomic E-state index is 15.2. The number of hydrogen-bond donors (Lipinski definition) is 1. The lowest BCUT2D eigenvalue weighted by Gasteiger charge is -2.39. The number of anilines is 1. The molecule has 0 spiro atoms. The van der Waals surface area contributed by atoms with Crippen LogP contribution in [0.5, 0.6) is 17.2 Å². The molecule has 0 fully saturated rings. The first kappa shape index (κ1) is 21.5. The second kappa shape index (κ2) is 8.32. The Labute approximate surface area is 205 Å². The molecule has 0 aliphatic carbocycles. The van der Waals surface area contributed by atoms with Gasteiger partial charge in [0.25, 0.3) is 0 Å². The van der Waals surface area contributed by atoms with E-state index >= 15 is 4.39 Å². The van der Waals surface area contributed by atoms with E-state index in [2.05, 4.69) is 15.4 Å². The zero-order valence-corrected chi connectivity index (χ0v) is 19.6. The predicted molar refractivity (Wildman–Crippen MR) is 129 cm³/mol. The Bertz CT molecular complexity index is 1490. The quantitative estimate of drug-likeness (QED) is 0.399. The first-order chi connectivity index (χ1) is 17.1. The van der Waals surface area contributed by atoms with Gasteiger partial charge in [0, 0.05) is 27.3 Å². The molecule has 1 N–H and O–H groups in total. The summed E-state index contributed by atoms with van der Waals surface area (Å²) >= 11 is 6.36. The van der Waals surface area contributed by atoms with Crippen molar-refractivity contribution < 1.29 is 18.6 Å². The van der Waals surface area contributed by atoms with Gasteiger partial charge in [0.1, 0.15) is 30.0 Å². The van der Waals surface area contributed by atoms with Crippen molar-refractivity contribution in [1.82, 2.24) is 14.8 Å². The Hall–Kier alpha value is -4.04. The second-order valence-electron chi connectivity index (χ2n) is 8.16. The van der Waals surface area contributed by atoms with Crippen molar-refractivity contribution in [1.29, 1.82) is 0 Å². The molecule has 35 heavy (non-hydrogen) atoms. The first-order valence-electron chi connectivity index (χ1n) is 10.9. The fourth-order valence-electron chi connectivity index (χ4n) is 4.73. The van der Waals surface area contributed by atoms with E-state index in [-0.39, 0.29) is 5.82 Å². The van der Waals surface area contributed by atoms with Gasteiger partial charge in [0.2, 0.25) is 5.95 Å². The van der Waals surface area contributed by atoms with Gasteiger partial charge in [-0.3, -0.25) is 0 Å². The van der Waals surface area contributed by atoms with E-state index in [1.807, 2.05) is 30.3 Å². The van der Waals surface area contributed by atoms with E-state index in [4.69, 9.17) is 25.8 Å². The topological polar surface area (TPSA) is 70.4 Å².